The van der Waals surface area contributed by atoms with Crippen LogP contribution in [0.2, 0.25) is 0 Å². The van der Waals surface area contributed by atoms with E-state index in [0.717, 1.165) is 26.7 Å². The number of azide groups is 1. The standard InChI is InChI=1S/C35H35BrN6O5/c1-45-31-14-7-4-11-27(31)23-38-41-34(44)35(21-25-9-2-3-10-26(25)22-39-42-37)32(29-12-5-6-13-30(29)36)47-33(40-35)24-15-17-28(18-16-24)46-20-8-19-43/h2-7,9-18,32,38,43H,8,19-23H2,1H3,(H,41,44)/t32-,35-/m0/s1. The fraction of sp³-hybridized carbons (Fsp3) is 0.257. The summed E-state index contributed by atoms with van der Waals surface area (Å²) in [6.07, 6.45) is -0.173. The summed E-state index contributed by atoms with van der Waals surface area (Å²) in [5.74, 6) is 1.21. The maximum Gasteiger partial charge on any atom is 0.266 e. The zero-order chi connectivity index (χ0) is 33.1. The summed E-state index contributed by atoms with van der Waals surface area (Å²) in [6, 6.07) is 29.9. The van der Waals surface area contributed by atoms with E-state index in [9.17, 15) is 4.79 Å². The summed E-state index contributed by atoms with van der Waals surface area (Å²) in [5.41, 5.74) is 17.4. The summed E-state index contributed by atoms with van der Waals surface area (Å²) in [7, 11) is 1.60. The Kier molecular flexibility index (Phi) is 11.5. The molecule has 0 saturated carbocycles. The third kappa shape index (κ3) is 7.93. The van der Waals surface area contributed by atoms with E-state index >= 15 is 0 Å². The third-order valence-corrected chi connectivity index (χ3v) is 8.50. The van der Waals surface area contributed by atoms with Gasteiger partial charge in [0.15, 0.2) is 11.6 Å². The highest BCUT2D eigenvalue weighted by molar-refractivity contribution is 9.10. The average Bonchev–Trinajstić information content (AvgIpc) is 3.48. The molecule has 0 radical (unpaired) electrons. The fourth-order valence-corrected chi connectivity index (χ4v) is 5.90. The highest BCUT2D eigenvalue weighted by Crippen LogP contribution is 2.45. The number of halogens is 1. The molecule has 11 nitrogen and oxygen atoms in total. The van der Waals surface area contributed by atoms with Crippen LogP contribution in [-0.4, -0.2) is 42.8 Å². The van der Waals surface area contributed by atoms with Crippen molar-refractivity contribution in [1.82, 2.24) is 10.9 Å². The number of amides is 1. The van der Waals surface area contributed by atoms with Gasteiger partial charge in [-0.1, -0.05) is 81.7 Å². The van der Waals surface area contributed by atoms with Crippen molar-refractivity contribution in [3.63, 3.8) is 0 Å². The van der Waals surface area contributed by atoms with Gasteiger partial charge in [-0.25, -0.2) is 10.4 Å². The first-order chi connectivity index (χ1) is 23.0. The number of aliphatic imine (C=N–C) groups is 1. The number of nitrogens with zero attached hydrogens (tertiary/aromatic N) is 4. The van der Waals surface area contributed by atoms with Gasteiger partial charge in [0.05, 0.1) is 20.3 Å². The molecule has 1 aliphatic rings. The molecule has 242 valence electrons. The Morgan fingerprint density at radius 2 is 1.72 bits per heavy atom. The normalized spacial score (nSPS) is 16.8. The molecule has 47 heavy (non-hydrogen) atoms. The number of aliphatic hydroxyl groups excluding tert-OH is 1. The Labute approximate surface area is 281 Å². The molecule has 0 spiro atoms. The van der Waals surface area contributed by atoms with Crippen molar-refractivity contribution in [2.24, 2.45) is 10.1 Å². The van der Waals surface area contributed by atoms with Crippen molar-refractivity contribution < 1.29 is 24.1 Å². The van der Waals surface area contributed by atoms with Crippen molar-refractivity contribution in [3.05, 3.63) is 140 Å². The van der Waals surface area contributed by atoms with Crippen LogP contribution in [0.25, 0.3) is 10.4 Å². The molecule has 3 N–H and O–H groups in total. The first kappa shape index (κ1) is 33.5. The monoisotopic (exact) mass is 698 g/mol. The van der Waals surface area contributed by atoms with Crippen LogP contribution in [0.4, 0.5) is 0 Å². The summed E-state index contributed by atoms with van der Waals surface area (Å²) in [4.78, 5) is 22.6. The van der Waals surface area contributed by atoms with Crippen LogP contribution in [0.5, 0.6) is 11.5 Å². The quantitative estimate of drug-likeness (QED) is 0.0433. The number of hydrogen-bond donors (Lipinski definition) is 3. The van der Waals surface area contributed by atoms with Gasteiger partial charge in [-0.15, -0.1) is 0 Å². The SMILES string of the molecule is COc1ccccc1CNNC(=O)[C@@]1(Cc2ccccc2CN=[N+]=[N-])N=C(c2ccc(OCCCO)cc2)O[C@H]1c1ccccc1Br. The predicted molar refractivity (Wildman–Crippen MR) is 182 cm³/mol. The van der Waals surface area contributed by atoms with Crippen molar-refractivity contribution in [2.45, 2.75) is 37.6 Å². The summed E-state index contributed by atoms with van der Waals surface area (Å²) in [5, 5.41) is 12.9. The second kappa shape index (κ2) is 16.1. The molecule has 1 amide bonds. The van der Waals surface area contributed by atoms with E-state index in [1.165, 1.54) is 0 Å². The number of nitrogens with one attached hydrogen (secondary N) is 2. The maximum atomic E-state index is 14.6. The number of hydrogen-bond acceptors (Lipinski definition) is 8. The van der Waals surface area contributed by atoms with Crippen molar-refractivity contribution >= 4 is 27.7 Å². The van der Waals surface area contributed by atoms with Gasteiger partial charge in [-0.2, -0.15) is 0 Å². The van der Waals surface area contributed by atoms with E-state index < -0.39 is 17.6 Å². The molecule has 4 aromatic rings. The molecule has 0 bridgehead atoms. The second-order valence-corrected chi connectivity index (χ2v) is 11.6. The highest BCUT2D eigenvalue weighted by Gasteiger charge is 2.54. The van der Waals surface area contributed by atoms with Crippen LogP contribution in [0.1, 0.15) is 40.3 Å². The Bertz CT molecular complexity index is 1760. The predicted octanol–water partition coefficient (Wildman–Crippen LogP) is 6.35. The number of benzene rings is 4. The van der Waals surface area contributed by atoms with Crippen molar-refractivity contribution in [3.8, 4) is 11.5 Å². The molecule has 0 aromatic heterocycles. The number of aliphatic hydroxyl groups is 1. The van der Waals surface area contributed by atoms with Gasteiger partial charge in [0.1, 0.15) is 11.5 Å². The van der Waals surface area contributed by atoms with Crippen LogP contribution < -0.4 is 20.3 Å². The van der Waals surface area contributed by atoms with E-state index in [2.05, 4.69) is 36.8 Å². The van der Waals surface area contributed by atoms with E-state index in [0.29, 0.717) is 42.5 Å². The Balaban J connectivity index is 1.57. The van der Waals surface area contributed by atoms with Gasteiger partial charge in [0.2, 0.25) is 5.90 Å². The van der Waals surface area contributed by atoms with Gasteiger partial charge in [0, 0.05) is 52.1 Å². The van der Waals surface area contributed by atoms with Crippen LogP contribution in [0.3, 0.4) is 0 Å². The molecular formula is C35H35BrN6O5. The molecule has 4 aromatic carbocycles. The average molecular weight is 700 g/mol. The molecule has 1 aliphatic heterocycles. The molecule has 1 heterocycles. The topological polar surface area (TPSA) is 150 Å². The highest BCUT2D eigenvalue weighted by atomic mass is 79.9. The van der Waals surface area contributed by atoms with E-state index in [4.69, 9.17) is 29.8 Å². The first-order valence-corrected chi connectivity index (χ1v) is 15.9. The lowest BCUT2D eigenvalue weighted by atomic mass is 9.81. The number of hydrazine groups is 1. The van der Waals surface area contributed by atoms with E-state index in [1.807, 2.05) is 84.9 Å². The Morgan fingerprint density at radius 1 is 1.02 bits per heavy atom. The molecule has 0 saturated heterocycles. The van der Waals surface area contributed by atoms with Crippen LogP contribution in [0.15, 0.2) is 112 Å². The second-order valence-electron chi connectivity index (χ2n) is 10.8. The minimum atomic E-state index is -1.49. The fourth-order valence-electron chi connectivity index (χ4n) is 5.41. The van der Waals surface area contributed by atoms with E-state index in [1.54, 1.807) is 19.2 Å². The minimum absolute atomic E-state index is 0.0447. The first-order valence-electron chi connectivity index (χ1n) is 15.1. The molecule has 0 unspecified atom stereocenters. The molecule has 5 rings (SSSR count). The van der Waals surface area contributed by atoms with Crippen molar-refractivity contribution in [1.29, 1.82) is 0 Å². The number of ether oxygens (including phenoxy) is 3. The molecule has 12 heteroatoms. The summed E-state index contributed by atoms with van der Waals surface area (Å²) in [6.45, 7) is 0.848. The third-order valence-electron chi connectivity index (χ3n) is 7.77. The van der Waals surface area contributed by atoms with E-state index in [-0.39, 0.29) is 19.6 Å². The number of methoxy groups -OCH3 is 1. The number of carbonyl (C=O) groups is 1. The lowest BCUT2D eigenvalue weighted by Crippen LogP contribution is -2.53. The largest absolute Gasteiger partial charge is 0.496 e. The Morgan fingerprint density at radius 3 is 2.45 bits per heavy atom. The number of rotatable bonds is 15. The molecule has 2 atom stereocenters. The number of carbonyl (C=O) groups excluding carboxylic acids is 1. The molecular weight excluding hydrogens is 664 g/mol. The van der Waals surface area contributed by atoms with Crippen LogP contribution >= 0.6 is 15.9 Å². The minimum Gasteiger partial charge on any atom is -0.496 e. The van der Waals surface area contributed by atoms with Gasteiger partial charge in [-0.05, 0) is 53.1 Å². The van der Waals surface area contributed by atoms with Crippen molar-refractivity contribution in [2.75, 3.05) is 20.3 Å². The zero-order valence-corrected chi connectivity index (χ0v) is 27.4. The lowest BCUT2D eigenvalue weighted by molar-refractivity contribution is -0.130. The lowest BCUT2D eigenvalue weighted by Gasteiger charge is -2.32. The maximum absolute atomic E-state index is 14.6. The van der Waals surface area contributed by atoms with Crippen LogP contribution in [-0.2, 0) is 29.0 Å². The van der Waals surface area contributed by atoms with Gasteiger partial charge >= 0.3 is 0 Å². The van der Waals surface area contributed by atoms with Gasteiger partial charge in [-0.3, -0.25) is 10.2 Å². The summed E-state index contributed by atoms with van der Waals surface area (Å²) < 4.78 is 18.6. The molecule has 0 aliphatic carbocycles. The van der Waals surface area contributed by atoms with Crippen LogP contribution in [0, 0.1) is 0 Å². The Hall–Kier alpha value is -4.87. The summed E-state index contributed by atoms with van der Waals surface area (Å²) >= 11 is 3.67. The zero-order valence-electron chi connectivity index (χ0n) is 25.8. The molecule has 0 fully saturated rings. The smallest absolute Gasteiger partial charge is 0.266 e. The van der Waals surface area contributed by atoms with Gasteiger partial charge < -0.3 is 19.3 Å². The number of para-hydroxylation sites is 1. The van der Waals surface area contributed by atoms with Gasteiger partial charge in [0.25, 0.3) is 5.91 Å².